The molecule has 4 aromatic rings. The van der Waals surface area contributed by atoms with E-state index in [1.54, 1.807) is 19.5 Å². The van der Waals surface area contributed by atoms with Gasteiger partial charge in [-0.3, -0.25) is 19.7 Å². The van der Waals surface area contributed by atoms with Crippen LogP contribution < -0.4 is 4.74 Å². The summed E-state index contributed by atoms with van der Waals surface area (Å²) in [6.45, 7) is 3.04. The second-order valence-corrected chi connectivity index (χ2v) is 9.08. The Morgan fingerprint density at radius 3 is 2.67 bits per heavy atom. The van der Waals surface area contributed by atoms with Gasteiger partial charge in [0.1, 0.15) is 5.75 Å². The normalized spacial score (nSPS) is 16.8. The third-order valence-electron chi connectivity index (χ3n) is 6.37. The molecule has 2 aromatic heterocycles. The fourth-order valence-electron chi connectivity index (χ4n) is 4.56. The molecule has 0 radical (unpaired) electrons. The van der Waals surface area contributed by atoms with Crippen LogP contribution >= 0.6 is 0 Å². The van der Waals surface area contributed by atoms with Gasteiger partial charge in [-0.1, -0.05) is 36.4 Å². The minimum atomic E-state index is -0.148. The van der Waals surface area contributed by atoms with Crippen molar-refractivity contribution < 1.29 is 14.3 Å². The lowest BCUT2D eigenvalue weighted by Gasteiger charge is -2.25. The quantitative estimate of drug-likeness (QED) is 0.377. The molecule has 184 valence electrons. The first-order chi connectivity index (χ1) is 17.7. The van der Waals surface area contributed by atoms with Crippen LogP contribution in [-0.2, 0) is 29.2 Å². The molecular formula is C29H30N4O3. The highest BCUT2D eigenvalue weighted by Gasteiger charge is 2.29. The minimum Gasteiger partial charge on any atom is -0.497 e. The van der Waals surface area contributed by atoms with Gasteiger partial charge in [0, 0.05) is 37.4 Å². The van der Waals surface area contributed by atoms with Crippen molar-refractivity contribution in [2.75, 3.05) is 26.7 Å². The van der Waals surface area contributed by atoms with E-state index in [4.69, 9.17) is 9.47 Å². The molecule has 0 aliphatic carbocycles. The predicted molar refractivity (Wildman–Crippen MR) is 138 cm³/mol. The number of ether oxygens (including phenoxy) is 2. The number of carbonyl (C=O) groups is 1. The van der Waals surface area contributed by atoms with Crippen LogP contribution in [0.15, 0.2) is 85.2 Å². The van der Waals surface area contributed by atoms with Crippen molar-refractivity contribution in [1.29, 1.82) is 0 Å². The van der Waals surface area contributed by atoms with Crippen molar-refractivity contribution in [3.05, 3.63) is 102 Å². The Labute approximate surface area is 211 Å². The first-order valence-corrected chi connectivity index (χ1v) is 12.1. The van der Waals surface area contributed by atoms with E-state index >= 15 is 0 Å². The number of nitrogens with zero attached hydrogens (tertiary/aromatic N) is 4. The van der Waals surface area contributed by atoms with Crippen LogP contribution in [0.25, 0.3) is 10.9 Å². The number of amides is 1. The van der Waals surface area contributed by atoms with Gasteiger partial charge < -0.3 is 14.4 Å². The monoisotopic (exact) mass is 482 g/mol. The average Bonchev–Trinajstić information content (AvgIpc) is 3.05. The lowest BCUT2D eigenvalue weighted by atomic mass is 10.1. The largest absolute Gasteiger partial charge is 0.497 e. The van der Waals surface area contributed by atoms with E-state index in [0.29, 0.717) is 39.3 Å². The van der Waals surface area contributed by atoms with E-state index in [1.807, 2.05) is 53.4 Å². The van der Waals surface area contributed by atoms with Crippen molar-refractivity contribution in [3.8, 4) is 5.75 Å². The summed E-state index contributed by atoms with van der Waals surface area (Å²) in [6, 6.07) is 23.9. The zero-order valence-electron chi connectivity index (χ0n) is 20.4. The summed E-state index contributed by atoms with van der Waals surface area (Å²) >= 11 is 0. The van der Waals surface area contributed by atoms with E-state index in [-0.39, 0.29) is 12.0 Å². The van der Waals surface area contributed by atoms with Gasteiger partial charge in [0.05, 0.1) is 44.1 Å². The fraction of sp³-hybridized carbons (Fsp3) is 0.276. The van der Waals surface area contributed by atoms with Gasteiger partial charge in [-0.2, -0.15) is 0 Å². The number of hydrogen-bond donors (Lipinski definition) is 0. The predicted octanol–water partition coefficient (Wildman–Crippen LogP) is 4.07. The molecule has 7 heteroatoms. The number of carbonyl (C=O) groups excluding carboxylic acids is 1. The first kappa shape index (κ1) is 23.9. The molecule has 0 N–H and O–H groups in total. The molecule has 7 nitrogen and oxygen atoms in total. The SMILES string of the molecule is COc1cccc(COC2CN(Cc3ccc4cccnc4c3)CC(=O)N(Cc3ccccn3)C2)c1. The van der Waals surface area contributed by atoms with Crippen LogP contribution in [0.3, 0.4) is 0 Å². The lowest BCUT2D eigenvalue weighted by Crippen LogP contribution is -2.37. The van der Waals surface area contributed by atoms with Gasteiger partial charge in [-0.15, -0.1) is 0 Å². The molecule has 1 unspecified atom stereocenters. The Balaban J connectivity index is 1.34. The highest BCUT2D eigenvalue weighted by atomic mass is 16.5. The highest BCUT2D eigenvalue weighted by Crippen LogP contribution is 2.19. The molecular weight excluding hydrogens is 452 g/mol. The minimum absolute atomic E-state index is 0.0760. The number of benzene rings is 2. The number of aromatic nitrogens is 2. The van der Waals surface area contributed by atoms with E-state index in [9.17, 15) is 4.79 Å². The van der Waals surface area contributed by atoms with Crippen molar-refractivity contribution in [3.63, 3.8) is 0 Å². The zero-order valence-corrected chi connectivity index (χ0v) is 20.4. The summed E-state index contributed by atoms with van der Waals surface area (Å²) in [7, 11) is 1.66. The van der Waals surface area contributed by atoms with Crippen molar-refractivity contribution >= 4 is 16.8 Å². The molecule has 36 heavy (non-hydrogen) atoms. The summed E-state index contributed by atoms with van der Waals surface area (Å²) in [6.07, 6.45) is 3.42. The van der Waals surface area contributed by atoms with Crippen LogP contribution in [0.5, 0.6) is 5.75 Å². The van der Waals surface area contributed by atoms with Crippen LogP contribution in [0.1, 0.15) is 16.8 Å². The molecule has 1 saturated heterocycles. The molecule has 1 amide bonds. The third kappa shape index (κ3) is 6.05. The molecule has 1 fully saturated rings. The second kappa shape index (κ2) is 11.3. The molecule has 2 aromatic carbocycles. The Kier molecular flexibility index (Phi) is 7.50. The van der Waals surface area contributed by atoms with Gasteiger partial charge in [0.25, 0.3) is 0 Å². The van der Waals surface area contributed by atoms with E-state index < -0.39 is 0 Å². The van der Waals surface area contributed by atoms with E-state index in [2.05, 4.69) is 39.1 Å². The molecule has 1 aliphatic heterocycles. The van der Waals surface area contributed by atoms with Gasteiger partial charge in [0.15, 0.2) is 0 Å². The van der Waals surface area contributed by atoms with Crippen LogP contribution in [0, 0.1) is 0 Å². The van der Waals surface area contributed by atoms with Gasteiger partial charge in [-0.25, -0.2) is 0 Å². The molecule has 1 atom stereocenters. The number of hydrogen-bond acceptors (Lipinski definition) is 6. The Bertz CT molecular complexity index is 1310. The number of rotatable bonds is 8. The van der Waals surface area contributed by atoms with Crippen LogP contribution in [-0.4, -0.2) is 58.5 Å². The van der Waals surface area contributed by atoms with E-state index in [1.165, 1.54) is 0 Å². The summed E-state index contributed by atoms with van der Waals surface area (Å²) in [5.74, 6) is 0.877. The second-order valence-electron chi connectivity index (χ2n) is 9.08. The van der Waals surface area contributed by atoms with Gasteiger partial charge >= 0.3 is 0 Å². The smallest absolute Gasteiger partial charge is 0.237 e. The molecule has 1 aliphatic rings. The highest BCUT2D eigenvalue weighted by molar-refractivity contribution is 5.79. The Hall–Kier alpha value is -3.81. The van der Waals surface area contributed by atoms with E-state index in [0.717, 1.165) is 33.5 Å². The third-order valence-corrected chi connectivity index (χ3v) is 6.37. The summed E-state index contributed by atoms with van der Waals surface area (Å²) in [5.41, 5.74) is 3.98. The van der Waals surface area contributed by atoms with Gasteiger partial charge in [-0.05, 0) is 47.5 Å². The van der Waals surface area contributed by atoms with Crippen molar-refractivity contribution in [2.24, 2.45) is 0 Å². The lowest BCUT2D eigenvalue weighted by molar-refractivity contribution is -0.132. The van der Waals surface area contributed by atoms with Crippen molar-refractivity contribution in [1.82, 2.24) is 19.8 Å². The number of pyridine rings is 2. The molecule has 0 spiro atoms. The molecule has 0 saturated carbocycles. The maximum atomic E-state index is 13.3. The molecule has 3 heterocycles. The summed E-state index contributed by atoms with van der Waals surface area (Å²) in [4.78, 5) is 26.2. The fourth-order valence-corrected chi connectivity index (χ4v) is 4.56. The Morgan fingerprint density at radius 1 is 0.889 bits per heavy atom. The van der Waals surface area contributed by atoms with Crippen molar-refractivity contribution in [2.45, 2.75) is 25.8 Å². The Morgan fingerprint density at radius 2 is 1.81 bits per heavy atom. The van der Waals surface area contributed by atoms with Crippen LogP contribution in [0.2, 0.25) is 0 Å². The van der Waals surface area contributed by atoms with Gasteiger partial charge in [0.2, 0.25) is 5.91 Å². The maximum absolute atomic E-state index is 13.3. The molecule has 5 rings (SSSR count). The number of methoxy groups -OCH3 is 1. The maximum Gasteiger partial charge on any atom is 0.237 e. The first-order valence-electron chi connectivity index (χ1n) is 12.1. The summed E-state index contributed by atoms with van der Waals surface area (Å²) < 4.78 is 11.7. The topological polar surface area (TPSA) is 67.8 Å². The van der Waals surface area contributed by atoms with Crippen LogP contribution in [0.4, 0.5) is 0 Å². The average molecular weight is 483 g/mol. The standard InChI is InChI=1S/C29H30N4O3/c1-35-26-9-4-6-23(14-26)21-36-27-18-32(16-22-10-11-24-7-5-13-31-28(24)15-22)20-29(34)33(19-27)17-25-8-2-3-12-30-25/h2-15,27H,16-21H2,1H3. The summed E-state index contributed by atoms with van der Waals surface area (Å²) in [5, 5.41) is 1.11. The zero-order chi connectivity index (χ0) is 24.7. The number of fused-ring (bicyclic) bond motifs is 1. The molecule has 0 bridgehead atoms.